The first kappa shape index (κ1) is 12.9. The van der Waals surface area contributed by atoms with E-state index in [9.17, 15) is 0 Å². The van der Waals surface area contributed by atoms with Gasteiger partial charge in [-0.1, -0.05) is 35.3 Å². The van der Waals surface area contributed by atoms with Gasteiger partial charge < -0.3 is 4.40 Å². The molecule has 0 aliphatic rings. The van der Waals surface area contributed by atoms with Crippen molar-refractivity contribution in [3.63, 3.8) is 0 Å². The summed E-state index contributed by atoms with van der Waals surface area (Å²) < 4.78 is 1.85. The van der Waals surface area contributed by atoms with E-state index in [0.29, 0.717) is 10.0 Å². The first-order valence-corrected chi connectivity index (χ1v) is 7.63. The van der Waals surface area contributed by atoms with Gasteiger partial charge in [-0.05, 0) is 24.5 Å². The Hall–Kier alpha value is -1.16. The fourth-order valence-corrected chi connectivity index (χ4v) is 2.86. The summed E-state index contributed by atoms with van der Waals surface area (Å²) in [6, 6.07) is 9.98. The zero-order valence-electron chi connectivity index (χ0n) is 10.1. The second-order valence-corrected chi connectivity index (χ2v) is 5.82. The lowest BCUT2D eigenvalue weighted by atomic mass is 10.2. The van der Waals surface area contributed by atoms with Crippen LogP contribution in [0.25, 0.3) is 16.9 Å². The minimum absolute atomic E-state index is 0.555. The van der Waals surface area contributed by atoms with Crippen LogP contribution in [-0.4, -0.2) is 15.6 Å². The maximum atomic E-state index is 6.14. The van der Waals surface area contributed by atoms with Gasteiger partial charge in [0.25, 0.3) is 0 Å². The van der Waals surface area contributed by atoms with E-state index in [0.717, 1.165) is 16.9 Å². The predicted molar refractivity (Wildman–Crippen MR) is 82.4 cm³/mol. The minimum Gasteiger partial charge on any atom is -0.304 e. The van der Waals surface area contributed by atoms with Crippen LogP contribution in [0.4, 0.5) is 0 Å². The molecule has 0 saturated heterocycles. The highest BCUT2D eigenvalue weighted by Crippen LogP contribution is 2.27. The van der Waals surface area contributed by atoms with E-state index in [4.69, 9.17) is 23.2 Å². The number of hydrogen-bond acceptors (Lipinski definition) is 2. The van der Waals surface area contributed by atoms with Crippen LogP contribution < -0.4 is 0 Å². The van der Waals surface area contributed by atoms with E-state index in [-0.39, 0.29) is 0 Å². The molecule has 0 saturated carbocycles. The van der Waals surface area contributed by atoms with Crippen LogP contribution in [-0.2, 0) is 0 Å². The number of benzene rings is 1. The summed E-state index contributed by atoms with van der Waals surface area (Å²) in [5.74, 6) is 0. The molecule has 0 aliphatic heterocycles. The number of halogens is 2. The van der Waals surface area contributed by atoms with Crippen LogP contribution in [0.5, 0.6) is 0 Å². The number of rotatable bonds is 2. The van der Waals surface area contributed by atoms with Crippen molar-refractivity contribution in [3.8, 4) is 11.3 Å². The monoisotopic (exact) mass is 308 g/mol. The highest BCUT2D eigenvalue weighted by Gasteiger charge is 2.08. The lowest BCUT2D eigenvalue weighted by Crippen LogP contribution is -1.82. The zero-order chi connectivity index (χ0) is 13.4. The molecule has 2 nitrogen and oxygen atoms in total. The van der Waals surface area contributed by atoms with Gasteiger partial charge in [0.15, 0.2) is 5.65 Å². The summed E-state index contributed by atoms with van der Waals surface area (Å²) in [5, 5.41) is 1.15. The highest BCUT2D eigenvalue weighted by atomic mass is 35.5. The number of thioether (sulfide) groups is 1. The van der Waals surface area contributed by atoms with Crippen molar-refractivity contribution in [2.75, 3.05) is 6.26 Å². The number of aromatic nitrogens is 2. The van der Waals surface area contributed by atoms with Crippen molar-refractivity contribution in [2.24, 2.45) is 0 Å². The van der Waals surface area contributed by atoms with E-state index in [2.05, 4.69) is 35.5 Å². The predicted octanol–water partition coefficient (Wildman–Crippen LogP) is 5.03. The number of imidazole rings is 1. The first-order chi connectivity index (χ1) is 9.17. The third-order valence-corrected chi connectivity index (χ3v) is 4.09. The molecule has 1 aromatic carbocycles. The zero-order valence-corrected chi connectivity index (χ0v) is 12.4. The molecule has 0 spiro atoms. The SMILES string of the molecule is CSc1ccc(-c2cn3cc(Cl)cc(Cl)c3n2)cc1. The normalized spacial score (nSPS) is 11.1. The third-order valence-electron chi connectivity index (χ3n) is 2.86. The molecule has 0 unspecified atom stereocenters. The molecule has 96 valence electrons. The molecule has 19 heavy (non-hydrogen) atoms. The Morgan fingerprint density at radius 2 is 1.84 bits per heavy atom. The number of hydrogen-bond donors (Lipinski definition) is 0. The summed E-state index contributed by atoms with van der Waals surface area (Å²) >= 11 is 13.8. The lowest BCUT2D eigenvalue weighted by Gasteiger charge is -1.98. The summed E-state index contributed by atoms with van der Waals surface area (Å²) in [6.45, 7) is 0. The van der Waals surface area contributed by atoms with Gasteiger partial charge in [-0.3, -0.25) is 0 Å². The van der Waals surface area contributed by atoms with Crippen LogP contribution in [0.15, 0.2) is 47.6 Å². The maximum Gasteiger partial charge on any atom is 0.156 e. The van der Waals surface area contributed by atoms with Crippen molar-refractivity contribution in [2.45, 2.75) is 4.90 Å². The summed E-state index contributed by atoms with van der Waals surface area (Å²) in [5.41, 5.74) is 2.67. The van der Waals surface area contributed by atoms with Gasteiger partial charge in [-0.15, -0.1) is 11.8 Å². The molecule has 0 amide bonds. The molecule has 5 heteroatoms. The fraction of sp³-hybridized carbons (Fsp3) is 0.0714. The van der Waals surface area contributed by atoms with Crippen LogP contribution in [0.1, 0.15) is 0 Å². The lowest BCUT2D eigenvalue weighted by molar-refractivity contribution is 1.19. The van der Waals surface area contributed by atoms with Gasteiger partial charge in [0.2, 0.25) is 0 Å². The summed E-state index contributed by atoms with van der Waals surface area (Å²) in [7, 11) is 0. The van der Waals surface area contributed by atoms with Crippen LogP contribution in [0.2, 0.25) is 10.0 Å². The standard InChI is InChI=1S/C14H10Cl2N2S/c1-19-11-4-2-9(3-5-11)13-8-18-7-10(15)6-12(16)14(18)17-13/h2-8H,1H3. The average Bonchev–Trinajstić information content (AvgIpc) is 2.83. The van der Waals surface area contributed by atoms with Crippen molar-refractivity contribution < 1.29 is 0 Å². The Kier molecular flexibility index (Phi) is 3.44. The minimum atomic E-state index is 0.555. The second-order valence-electron chi connectivity index (χ2n) is 4.09. The van der Waals surface area contributed by atoms with E-state index in [1.165, 1.54) is 4.90 Å². The van der Waals surface area contributed by atoms with E-state index in [1.54, 1.807) is 24.0 Å². The van der Waals surface area contributed by atoms with E-state index in [1.807, 2.05) is 10.6 Å². The molecule has 0 fully saturated rings. The van der Waals surface area contributed by atoms with Crippen molar-refractivity contribution >= 4 is 40.6 Å². The molecule has 0 bridgehead atoms. The Labute approximate surface area is 125 Å². The largest absolute Gasteiger partial charge is 0.304 e. The van der Waals surface area contributed by atoms with Crippen molar-refractivity contribution in [3.05, 3.63) is 52.8 Å². The van der Waals surface area contributed by atoms with Crippen molar-refractivity contribution in [1.29, 1.82) is 0 Å². The van der Waals surface area contributed by atoms with Gasteiger partial charge in [0.05, 0.1) is 15.7 Å². The Balaban J connectivity index is 2.12. The molecule has 3 rings (SSSR count). The van der Waals surface area contributed by atoms with Crippen LogP contribution in [0, 0.1) is 0 Å². The van der Waals surface area contributed by atoms with E-state index >= 15 is 0 Å². The highest BCUT2D eigenvalue weighted by molar-refractivity contribution is 7.98. The fourth-order valence-electron chi connectivity index (χ4n) is 1.93. The molecule has 0 N–H and O–H groups in total. The van der Waals surface area contributed by atoms with Gasteiger partial charge in [0.1, 0.15) is 0 Å². The number of pyridine rings is 1. The second kappa shape index (κ2) is 5.08. The van der Waals surface area contributed by atoms with Gasteiger partial charge in [-0.2, -0.15) is 0 Å². The molecule has 0 radical (unpaired) electrons. The molecule has 2 heterocycles. The Morgan fingerprint density at radius 3 is 2.53 bits per heavy atom. The summed E-state index contributed by atoms with van der Waals surface area (Å²) in [6.07, 6.45) is 5.79. The summed E-state index contributed by atoms with van der Waals surface area (Å²) in [4.78, 5) is 5.77. The first-order valence-electron chi connectivity index (χ1n) is 5.65. The third kappa shape index (κ3) is 2.46. The van der Waals surface area contributed by atoms with E-state index < -0.39 is 0 Å². The van der Waals surface area contributed by atoms with Gasteiger partial charge in [-0.25, -0.2) is 4.98 Å². The van der Waals surface area contributed by atoms with Crippen LogP contribution in [0.3, 0.4) is 0 Å². The molecule has 2 aromatic heterocycles. The smallest absolute Gasteiger partial charge is 0.156 e. The Morgan fingerprint density at radius 1 is 1.11 bits per heavy atom. The van der Waals surface area contributed by atoms with Crippen molar-refractivity contribution in [1.82, 2.24) is 9.38 Å². The van der Waals surface area contributed by atoms with Gasteiger partial charge in [0, 0.05) is 22.9 Å². The average molecular weight is 309 g/mol. The molecule has 3 aromatic rings. The molecule has 0 atom stereocenters. The molecular formula is C14H10Cl2N2S. The van der Waals surface area contributed by atoms with Gasteiger partial charge >= 0.3 is 0 Å². The molecular weight excluding hydrogens is 299 g/mol. The maximum absolute atomic E-state index is 6.14. The molecule has 0 aliphatic carbocycles. The van der Waals surface area contributed by atoms with Crippen LogP contribution >= 0.6 is 35.0 Å². The number of fused-ring (bicyclic) bond motifs is 1. The topological polar surface area (TPSA) is 17.3 Å². The Bertz CT molecular complexity index is 735. The quantitative estimate of drug-likeness (QED) is 0.618. The number of nitrogens with zero attached hydrogens (tertiary/aromatic N) is 2.